The van der Waals surface area contributed by atoms with Crippen LogP contribution in [0, 0.1) is 16.7 Å². The van der Waals surface area contributed by atoms with Gasteiger partial charge in [-0.05, 0) is 55.6 Å². The average molecular weight is 373 g/mol. The number of carbonyl (C=O) groups excluding carboxylic acids is 1. The van der Waals surface area contributed by atoms with Crippen molar-refractivity contribution >= 4 is 5.97 Å². The summed E-state index contributed by atoms with van der Waals surface area (Å²) in [5.74, 6) is -0.132. The van der Waals surface area contributed by atoms with Gasteiger partial charge in [0.15, 0.2) is 0 Å². The van der Waals surface area contributed by atoms with Gasteiger partial charge in [-0.25, -0.2) is 4.79 Å². The monoisotopic (exact) mass is 372 g/mol. The lowest BCUT2D eigenvalue weighted by Gasteiger charge is -2.60. The number of carbonyl (C=O) groups is 1. The summed E-state index contributed by atoms with van der Waals surface area (Å²) < 4.78 is 5.29. The van der Waals surface area contributed by atoms with Gasteiger partial charge >= 0.3 is 5.97 Å². The van der Waals surface area contributed by atoms with Gasteiger partial charge in [0.2, 0.25) is 0 Å². The highest BCUT2D eigenvalue weighted by molar-refractivity contribution is 5.91. The topological polar surface area (TPSA) is 66.8 Å². The lowest BCUT2D eigenvalue weighted by Crippen LogP contribution is -2.56. The Kier molecular flexibility index (Phi) is 5.51. The van der Waals surface area contributed by atoms with Crippen LogP contribution in [-0.4, -0.2) is 35.5 Å². The van der Waals surface area contributed by atoms with Crippen molar-refractivity contribution in [1.82, 2.24) is 0 Å². The summed E-state index contributed by atoms with van der Waals surface area (Å²) in [7, 11) is 0. The van der Waals surface area contributed by atoms with Crippen LogP contribution < -0.4 is 0 Å². The van der Waals surface area contributed by atoms with Crippen molar-refractivity contribution < 1.29 is 19.7 Å². The van der Waals surface area contributed by atoms with Crippen LogP contribution in [0.3, 0.4) is 0 Å². The highest BCUT2D eigenvalue weighted by Crippen LogP contribution is 2.63. The number of hydrogen-bond donors (Lipinski definition) is 2. The third kappa shape index (κ3) is 3.13. The Morgan fingerprint density at radius 2 is 2.00 bits per heavy atom. The number of ether oxygens (including phenoxy) is 1. The van der Waals surface area contributed by atoms with E-state index in [1.165, 1.54) is 0 Å². The fourth-order valence-electron chi connectivity index (χ4n) is 5.82. The van der Waals surface area contributed by atoms with Crippen LogP contribution in [0.1, 0.15) is 68.3 Å². The molecule has 2 aliphatic carbocycles. The molecule has 2 N–H and O–H groups in total. The Hall–Kier alpha value is -1.65. The predicted molar refractivity (Wildman–Crippen MR) is 106 cm³/mol. The highest BCUT2D eigenvalue weighted by atomic mass is 16.5. The van der Waals surface area contributed by atoms with E-state index in [2.05, 4.69) is 13.5 Å². The first-order chi connectivity index (χ1) is 12.8. The molecule has 1 aromatic rings. The molecule has 0 aliphatic heterocycles. The molecule has 2 aliphatic rings. The third-order valence-corrected chi connectivity index (χ3v) is 7.24. The summed E-state index contributed by atoms with van der Waals surface area (Å²) in [6.07, 6.45) is 2.73. The van der Waals surface area contributed by atoms with Crippen LogP contribution in [0.5, 0.6) is 0 Å². The quantitative estimate of drug-likeness (QED) is 0.617. The molecule has 3 rings (SSSR count). The fourth-order valence-corrected chi connectivity index (χ4v) is 5.82. The van der Waals surface area contributed by atoms with Crippen LogP contribution in [0.25, 0.3) is 0 Å². The van der Waals surface area contributed by atoms with E-state index in [1.807, 2.05) is 38.1 Å². The van der Waals surface area contributed by atoms with Crippen molar-refractivity contribution in [3.05, 3.63) is 47.5 Å². The number of esters is 1. The minimum absolute atomic E-state index is 0.00947. The molecule has 4 heteroatoms. The van der Waals surface area contributed by atoms with Crippen LogP contribution in [0.15, 0.2) is 36.4 Å². The Balaban J connectivity index is 2.10. The normalized spacial score (nSPS) is 36.2. The van der Waals surface area contributed by atoms with Crippen LogP contribution in [-0.2, 0) is 4.74 Å². The molecule has 4 nitrogen and oxygen atoms in total. The van der Waals surface area contributed by atoms with E-state index in [-0.39, 0.29) is 29.8 Å². The zero-order valence-electron chi connectivity index (χ0n) is 16.7. The smallest absolute Gasteiger partial charge is 0.338 e. The van der Waals surface area contributed by atoms with Gasteiger partial charge in [0, 0.05) is 11.3 Å². The molecule has 5 atom stereocenters. The molecule has 0 heterocycles. The minimum atomic E-state index is -0.537. The number of hydrogen-bond acceptors (Lipinski definition) is 4. The van der Waals surface area contributed by atoms with Crippen molar-refractivity contribution in [2.75, 3.05) is 13.2 Å². The summed E-state index contributed by atoms with van der Waals surface area (Å²) in [5.41, 5.74) is 1.98. The number of fused-ring (bicyclic) bond motifs is 1. The lowest BCUT2D eigenvalue weighted by atomic mass is 9.45. The summed E-state index contributed by atoms with van der Waals surface area (Å²) >= 11 is 0. The van der Waals surface area contributed by atoms with E-state index < -0.39 is 11.5 Å². The van der Waals surface area contributed by atoms with Crippen LogP contribution >= 0.6 is 0 Å². The first-order valence-corrected chi connectivity index (χ1v) is 10.0. The van der Waals surface area contributed by atoms with E-state index in [0.717, 1.165) is 30.4 Å². The van der Waals surface area contributed by atoms with Crippen molar-refractivity contribution in [1.29, 1.82) is 0 Å². The van der Waals surface area contributed by atoms with E-state index >= 15 is 0 Å². The first-order valence-electron chi connectivity index (χ1n) is 10.0. The maximum absolute atomic E-state index is 12.6. The summed E-state index contributed by atoms with van der Waals surface area (Å²) in [4.78, 5) is 12.6. The Morgan fingerprint density at radius 1 is 1.30 bits per heavy atom. The van der Waals surface area contributed by atoms with Crippen molar-refractivity contribution in [3.63, 3.8) is 0 Å². The molecule has 0 saturated heterocycles. The lowest BCUT2D eigenvalue weighted by molar-refractivity contribution is -0.141. The second kappa shape index (κ2) is 7.40. The molecule has 0 bridgehead atoms. The number of allylic oxidation sites excluding steroid dienone is 1. The van der Waals surface area contributed by atoms with Gasteiger partial charge in [-0.1, -0.05) is 44.2 Å². The molecular formula is C23H32O4. The third-order valence-electron chi connectivity index (χ3n) is 7.24. The van der Waals surface area contributed by atoms with Crippen molar-refractivity contribution in [3.8, 4) is 0 Å². The molecule has 0 amide bonds. The van der Waals surface area contributed by atoms with E-state index in [0.29, 0.717) is 18.6 Å². The Morgan fingerprint density at radius 3 is 2.67 bits per heavy atom. The second-order valence-electron chi connectivity index (χ2n) is 8.71. The number of aliphatic hydroxyl groups excluding tert-OH is 2. The van der Waals surface area contributed by atoms with Crippen molar-refractivity contribution in [2.45, 2.75) is 58.5 Å². The highest BCUT2D eigenvalue weighted by Gasteiger charge is 2.58. The largest absolute Gasteiger partial charge is 0.462 e. The van der Waals surface area contributed by atoms with Gasteiger partial charge in [-0.2, -0.15) is 0 Å². The SMILES string of the molecule is C=C1CCC2[C@](C)(CO)[C@H](O)CC[C@]2(C)[C@@H]1c1ccccc1C(=O)OCC. The number of rotatable bonds is 4. The molecule has 2 fully saturated rings. The number of benzene rings is 1. The number of aliphatic hydroxyl groups is 2. The van der Waals surface area contributed by atoms with E-state index in [1.54, 1.807) is 0 Å². The molecule has 27 heavy (non-hydrogen) atoms. The fraction of sp³-hybridized carbons (Fsp3) is 0.609. The Labute approximate surface area is 162 Å². The summed E-state index contributed by atoms with van der Waals surface area (Å²) in [6.45, 7) is 10.7. The minimum Gasteiger partial charge on any atom is -0.462 e. The zero-order valence-corrected chi connectivity index (χ0v) is 16.7. The van der Waals surface area contributed by atoms with Gasteiger partial charge in [0.1, 0.15) is 0 Å². The summed E-state index contributed by atoms with van der Waals surface area (Å²) in [6, 6.07) is 7.67. The Bertz CT molecular complexity index is 727. The van der Waals surface area contributed by atoms with Gasteiger partial charge in [-0.3, -0.25) is 0 Å². The van der Waals surface area contributed by atoms with E-state index in [9.17, 15) is 15.0 Å². The molecule has 1 unspecified atom stereocenters. The molecule has 148 valence electrons. The molecule has 0 radical (unpaired) electrons. The zero-order chi connectivity index (χ0) is 19.8. The van der Waals surface area contributed by atoms with Gasteiger partial charge in [0.25, 0.3) is 0 Å². The van der Waals surface area contributed by atoms with Crippen LogP contribution in [0.4, 0.5) is 0 Å². The molecule has 2 saturated carbocycles. The molecule has 0 aromatic heterocycles. The maximum Gasteiger partial charge on any atom is 0.338 e. The summed E-state index contributed by atoms with van der Waals surface area (Å²) in [5, 5.41) is 20.8. The second-order valence-corrected chi connectivity index (χ2v) is 8.71. The first kappa shape index (κ1) is 20.1. The van der Waals surface area contributed by atoms with Gasteiger partial charge < -0.3 is 14.9 Å². The van der Waals surface area contributed by atoms with Crippen LogP contribution in [0.2, 0.25) is 0 Å². The molecule has 1 aromatic carbocycles. The predicted octanol–water partition coefficient (Wildman–Crippen LogP) is 4.07. The van der Waals surface area contributed by atoms with E-state index in [4.69, 9.17) is 4.74 Å². The molecular weight excluding hydrogens is 340 g/mol. The average Bonchev–Trinajstić information content (AvgIpc) is 2.65. The van der Waals surface area contributed by atoms with Gasteiger partial charge in [0.05, 0.1) is 24.9 Å². The standard InChI is InChI=1S/C23H32O4/c1-5-27-21(26)17-9-7-6-8-16(17)20-15(2)10-11-18-22(20,3)13-12-19(25)23(18,4)14-24/h6-9,18-20,24-25H,2,5,10-14H2,1,3-4H3/t18?,19-,20+,22+,23+/m1/s1. The van der Waals surface area contributed by atoms with Crippen molar-refractivity contribution in [2.24, 2.45) is 16.7 Å². The molecule has 0 spiro atoms. The maximum atomic E-state index is 12.6. The van der Waals surface area contributed by atoms with Gasteiger partial charge in [-0.15, -0.1) is 0 Å².